The number of carbonyl (C=O) groups is 1. The van der Waals surface area contributed by atoms with Gasteiger partial charge in [0.1, 0.15) is 12.0 Å². The molecule has 2 aromatic carbocycles. The highest BCUT2D eigenvalue weighted by Gasteiger charge is 2.19. The summed E-state index contributed by atoms with van der Waals surface area (Å²) in [7, 11) is 0. The van der Waals surface area contributed by atoms with E-state index in [1.54, 1.807) is 23.0 Å². The van der Waals surface area contributed by atoms with Crippen LogP contribution in [0.5, 0.6) is 0 Å². The van der Waals surface area contributed by atoms with Crippen LogP contribution in [0, 0.1) is 6.92 Å². The fourth-order valence-corrected chi connectivity index (χ4v) is 2.22. The zero-order chi connectivity index (χ0) is 14.8. The van der Waals surface area contributed by atoms with E-state index in [1.165, 1.54) is 0 Å². The molecular formula is C17H15N3O. The van der Waals surface area contributed by atoms with Gasteiger partial charge in [-0.1, -0.05) is 48.0 Å². The summed E-state index contributed by atoms with van der Waals surface area (Å²) in [4.78, 5) is 16.7. The molecule has 0 spiro atoms. The van der Waals surface area contributed by atoms with Crippen molar-refractivity contribution in [2.45, 2.75) is 6.92 Å². The van der Waals surface area contributed by atoms with Crippen molar-refractivity contribution in [3.05, 3.63) is 77.7 Å². The van der Waals surface area contributed by atoms with E-state index in [1.807, 2.05) is 49.4 Å². The zero-order valence-corrected chi connectivity index (χ0v) is 11.7. The molecule has 104 valence electrons. The van der Waals surface area contributed by atoms with Crippen molar-refractivity contribution in [3.8, 4) is 5.69 Å². The number of aromatic nitrogens is 2. The van der Waals surface area contributed by atoms with Crippen LogP contribution >= 0.6 is 0 Å². The highest BCUT2D eigenvalue weighted by Crippen LogP contribution is 2.20. The number of benzene rings is 2. The van der Waals surface area contributed by atoms with Crippen LogP contribution < -0.4 is 5.73 Å². The molecule has 1 heterocycles. The van der Waals surface area contributed by atoms with Crippen molar-refractivity contribution in [2.24, 2.45) is 0 Å². The molecule has 0 atom stereocenters. The van der Waals surface area contributed by atoms with E-state index < -0.39 is 0 Å². The number of aryl methyl sites for hydroxylation is 1. The smallest absolute Gasteiger partial charge is 0.213 e. The van der Waals surface area contributed by atoms with Gasteiger partial charge in [0.05, 0.1) is 0 Å². The van der Waals surface area contributed by atoms with Crippen molar-refractivity contribution in [2.75, 3.05) is 5.73 Å². The third-order valence-electron chi connectivity index (χ3n) is 3.36. The van der Waals surface area contributed by atoms with E-state index in [2.05, 4.69) is 4.98 Å². The van der Waals surface area contributed by atoms with Crippen LogP contribution in [0.15, 0.2) is 60.9 Å². The average molecular weight is 277 g/mol. The molecule has 0 aliphatic rings. The summed E-state index contributed by atoms with van der Waals surface area (Å²) in [6.07, 6.45) is 1.58. The van der Waals surface area contributed by atoms with Crippen molar-refractivity contribution < 1.29 is 4.79 Å². The van der Waals surface area contributed by atoms with E-state index in [0.717, 1.165) is 11.3 Å². The minimum Gasteiger partial charge on any atom is -0.382 e. The molecule has 21 heavy (non-hydrogen) atoms. The van der Waals surface area contributed by atoms with Crippen LogP contribution in [0.25, 0.3) is 5.69 Å². The minimum atomic E-state index is -0.133. The van der Waals surface area contributed by atoms with E-state index >= 15 is 0 Å². The van der Waals surface area contributed by atoms with Crippen LogP contribution in [0.2, 0.25) is 0 Å². The average Bonchev–Trinajstić information content (AvgIpc) is 2.90. The molecule has 3 rings (SSSR count). The van der Waals surface area contributed by atoms with Gasteiger partial charge in [0, 0.05) is 11.3 Å². The van der Waals surface area contributed by atoms with Gasteiger partial charge in [0.15, 0.2) is 5.82 Å². The Hall–Kier alpha value is -2.88. The summed E-state index contributed by atoms with van der Waals surface area (Å²) < 4.78 is 1.73. The summed E-state index contributed by atoms with van der Waals surface area (Å²) in [5, 5.41) is 0. The Kier molecular flexibility index (Phi) is 3.28. The zero-order valence-electron chi connectivity index (χ0n) is 11.7. The second kappa shape index (κ2) is 5.25. The third kappa shape index (κ3) is 2.43. The Morgan fingerprint density at radius 1 is 1.05 bits per heavy atom. The first kappa shape index (κ1) is 13.1. The normalized spacial score (nSPS) is 10.5. The molecule has 0 amide bonds. The van der Waals surface area contributed by atoms with Gasteiger partial charge < -0.3 is 5.73 Å². The van der Waals surface area contributed by atoms with Gasteiger partial charge in [0.25, 0.3) is 0 Å². The van der Waals surface area contributed by atoms with Crippen LogP contribution in [-0.4, -0.2) is 15.3 Å². The molecule has 0 unspecified atom stereocenters. The van der Waals surface area contributed by atoms with E-state index in [-0.39, 0.29) is 11.6 Å². The maximum atomic E-state index is 12.6. The minimum absolute atomic E-state index is 0.133. The van der Waals surface area contributed by atoms with Crippen LogP contribution in [0.1, 0.15) is 21.6 Å². The lowest BCUT2D eigenvalue weighted by atomic mass is 10.1. The molecule has 3 aromatic rings. The fraction of sp³-hybridized carbons (Fsp3) is 0.0588. The van der Waals surface area contributed by atoms with Gasteiger partial charge in [-0.2, -0.15) is 0 Å². The predicted octanol–water partition coefficient (Wildman–Crippen LogP) is 2.99. The van der Waals surface area contributed by atoms with Crippen molar-refractivity contribution >= 4 is 11.6 Å². The lowest BCUT2D eigenvalue weighted by Gasteiger charge is -2.08. The first-order chi connectivity index (χ1) is 10.2. The van der Waals surface area contributed by atoms with Crippen LogP contribution in [-0.2, 0) is 0 Å². The molecule has 2 N–H and O–H groups in total. The predicted molar refractivity (Wildman–Crippen MR) is 82.6 cm³/mol. The number of anilines is 1. The number of nitrogens with zero attached hydrogens (tertiary/aromatic N) is 2. The van der Waals surface area contributed by atoms with E-state index in [9.17, 15) is 4.79 Å². The summed E-state index contributed by atoms with van der Waals surface area (Å²) in [5.74, 6) is 0.107. The molecule has 0 saturated carbocycles. The molecule has 1 aromatic heterocycles. The van der Waals surface area contributed by atoms with Crippen molar-refractivity contribution in [1.29, 1.82) is 0 Å². The molecule has 0 fully saturated rings. The maximum Gasteiger partial charge on any atom is 0.213 e. The second-order valence-corrected chi connectivity index (χ2v) is 4.88. The van der Waals surface area contributed by atoms with Gasteiger partial charge in [-0.25, -0.2) is 4.98 Å². The first-order valence-electron chi connectivity index (χ1n) is 6.66. The molecule has 0 aliphatic carbocycles. The van der Waals surface area contributed by atoms with Gasteiger partial charge >= 0.3 is 0 Å². The number of nitrogen functional groups attached to an aromatic ring is 1. The van der Waals surface area contributed by atoms with Gasteiger partial charge in [-0.15, -0.1) is 0 Å². The fourth-order valence-electron chi connectivity index (χ4n) is 2.22. The standard InChI is InChI=1S/C17H15N3O/c1-12-7-9-14(10-8-12)20-11-19-17(18)15(20)16(21)13-5-3-2-4-6-13/h2-11H,18H2,1H3. The van der Waals surface area contributed by atoms with E-state index in [0.29, 0.717) is 11.3 Å². The highest BCUT2D eigenvalue weighted by molar-refractivity contribution is 6.10. The number of ketones is 1. The van der Waals surface area contributed by atoms with Gasteiger partial charge in [-0.05, 0) is 19.1 Å². The molecule has 4 nitrogen and oxygen atoms in total. The Balaban J connectivity index is 2.09. The molecular weight excluding hydrogens is 262 g/mol. The second-order valence-electron chi connectivity index (χ2n) is 4.88. The molecule has 0 aliphatic heterocycles. The largest absolute Gasteiger partial charge is 0.382 e. The number of nitrogens with two attached hydrogens (primary N) is 1. The highest BCUT2D eigenvalue weighted by atomic mass is 16.1. The van der Waals surface area contributed by atoms with Crippen molar-refractivity contribution in [3.63, 3.8) is 0 Å². The third-order valence-corrected chi connectivity index (χ3v) is 3.36. The lowest BCUT2D eigenvalue weighted by Crippen LogP contribution is -2.10. The van der Waals surface area contributed by atoms with Gasteiger partial charge in [0.2, 0.25) is 5.78 Å². The lowest BCUT2D eigenvalue weighted by molar-refractivity contribution is 0.103. The molecule has 4 heteroatoms. The van der Waals surface area contributed by atoms with Crippen LogP contribution in [0.4, 0.5) is 5.82 Å². The Morgan fingerprint density at radius 2 is 1.71 bits per heavy atom. The molecule has 0 radical (unpaired) electrons. The Morgan fingerprint density at radius 3 is 2.38 bits per heavy atom. The summed E-state index contributed by atoms with van der Waals surface area (Å²) in [5.41, 5.74) is 8.90. The topological polar surface area (TPSA) is 60.9 Å². The number of hydrogen-bond acceptors (Lipinski definition) is 3. The summed E-state index contributed by atoms with van der Waals surface area (Å²) >= 11 is 0. The summed E-state index contributed by atoms with van der Waals surface area (Å²) in [6.45, 7) is 2.02. The maximum absolute atomic E-state index is 12.6. The quantitative estimate of drug-likeness (QED) is 0.749. The molecule has 0 bridgehead atoms. The molecule has 0 saturated heterocycles. The summed E-state index contributed by atoms with van der Waals surface area (Å²) in [6, 6.07) is 16.9. The number of imidazole rings is 1. The Bertz CT molecular complexity index is 774. The monoisotopic (exact) mass is 277 g/mol. The first-order valence-corrected chi connectivity index (χ1v) is 6.66. The SMILES string of the molecule is Cc1ccc(-n2cnc(N)c2C(=O)c2ccccc2)cc1. The Labute approximate surface area is 122 Å². The number of carbonyl (C=O) groups excluding carboxylic acids is 1. The van der Waals surface area contributed by atoms with Gasteiger partial charge in [-0.3, -0.25) is 9.36 Å². The number of hydrogen-bond donors (Lipinski definition) is 1. The number of rotatable bonds is 3. The van der Waals surface area contributed by atoms with Crippen LogP contribution in [0.3, 0.4) is 0 Å². The van der Waals surface area contributed by atoms with E-state index in [4.69, 9.17) is 5.73 Å². The van der Waals surface area contributed by atoms with Crippen molar-refractivity contribution in [1.82, 2.24) is 9.55 Å².